The molecular weight excluding hydrogens is 206 g/mol. The highest BCUT2D eigenvalue weighted by atomic mass is 14.9. The lowest BCUT2D eigenvalue weighted by atomic mass is 9.76. The van der Waals surface area contributed by atoms with Gasteiger partial charge >= 0.3 is 0 Å². The zero-order valence-electron chi connectivity index (χ0n) is 13.4. The van der Waals surface area contributed by atoms with Crippen molar-refractivity contribution in [1.29, 1.82) is 0 Å². The molecule has 0 bridgehead atoms. The third-order valence-electron chi connectivity index (χ3n) is 6.39. The molecule has 1 aliphatic carbocycles. The second-order valence-corrected chi connectivity index (χ2v) is 7.31. The standard InChI is InChI=1S/C16H33N/c1-10(2)14-15(7,11(3)4)16(14,8)12(5)13(6)17-9/h10-14,17H,1-9H3. The molecule has 0 aromatic carbocycles. The summed E-state index contributed by atoms with van der Waals surface area (Å²) in [5.41, 5.74) is 0.990. The largest absolute Gasteiger partial charge is 0.317 e. The summed E-state index contributed by atoms with van der Waals surface area (Å²) in [4.78, 5) is 0. The van der Waals surface area contributed by atoms with Crippen LogP contribution in [0.2, 0.25) is 0 Å². The van der Waals surface area contributed by atoms with Crippen molar-refractivity contribution in [3.63, 3.8) is 0 Å². The highest BCUT2D eigenvalue weighted by Crippen LogP contribution is 2.77. The summed E-state index contributed by atoms with van der Waals surface area (Å²) < 4.78 is 0. The van der Waals surface area contributed by atoms with Crippen molar-refractivity contribution in [1.82, 2.24) is 5.32 Å². The Morgan fingerprint density at radius 3 is 1.59 bits per heavy atom. The Morgan fingerprint density at radius 2 is 1.35 bits per heavy atom. The molecule has 5 unspecified atom stereocenters. The molecule has 0 saturated heterocycles. The summed E-state index contributed by atoms with van der Waals surface area (Å²) >= 11 is 0. The van der Waals surface area contributed by atoms with Crippen LogP contribution >= 0.6 is 0 Å². The van der Waals surface area contributed by atoms with Gasteiger partial charge in [0.1, 0.15) is 0 Å². The lowest BCUT2D eigenvalue weighted by Gasteiger charge is -2.32. The van der Waals surface area contributed by atoms with Crippen molar-refractivity contribution >= 4 is 0 Å². The molecule has 17 heavy (non-hydrogen) atoms. The molecule has 1 aliphatic rings. The van der Waals surface area contributed by atoms with Gasteiger partial charge in [-0.15, -0.1) is 0 Å². The van der Waals surface area contributed by atoms with Crippen molar-refractivity contribution in [2.24, 2.45) is 34.5 Å². The molecule has 0 heterocycles. The summed E-state index contributed by atoms with van der Waals surface area (Å²) in [7, 11) is 2.09. The molecule has 102 valence electrons. The maximum atomic E-state index is 3.45. The van der Waals surface area contributed by atoms with E-state index in [0.717, 1.165) is 23.7 Å². The van der Waals surface area contributed by atoms with Gasteiger partial charge in [-0.05, 0) is 48.5 Å². The molecular formula is C16H33N. The van der Waals surface area contributed by atoms with Crippen LogP contribution in [0.25, 0.3) is 0 Å². The highest BCUT2D eigenvalue weighted by Gasteiger charge is 2.74. The summed E-state index contributed by atoms with van der Waals surface area (Å²) in [6.07, 6.45) is 0. The van der Waals surface area contributed by atoms with Gasteiger partial charge in [0.05, 0.1) is 0 Å². The Bertz CT molecular complexity index is 271. The summed E-state index contributed by atoms with van der Waals surface area (Å²) in [6, 6.07) is 0.599. The van der Waals surface area contributed by atoms with Crippen molar-refractivity contribution < 1.29 is 0 Å². The third kappa shape index (κ3) is 1.85. The van der Waals surface area contributed by atoms with Crippen LogP contribution < -0.4 is 5.32 Å². The van der Waals surface area contributed by atoms with Crippen molar-refractivity contribution in [3.05, 3.63) is 0 Å². The molecule has 0 aromatic rings. The Morgan fingerprint density at radius 1 is 0.882 bits per heavy atom. The number of nitrogens with one attached hydrogen (secondary N) is 1. The molecule has 1 heteroatoms. The van der Waals surface area contributed by atoms with Gasteiger partial charge in [-0.25, -0.2) is 0 Å². The van der Waals surface area contributed by atoms with E-state index in [1.807, 2.05) is 0 Å². The summed E-state index contributed by atoms with van der Waals surface area (Å²) in [5, 5.41) is 3.45. The number of rotatable bonds is 5. The van der Waals surface area contributed by atoms with E-state index >= 15 is 0 Å². The lowest BCUT2D eigenvalue weighted by Crippen LogP contribution is -2.36. The van der Waals surface area contributed by atoms with Gasteiger partial charge in [0.2, 0.25) is 0 Å². The van der Waals surface area contributed by atoms with Gasteiger partial charge < -0.3 is 5.32 Å². The first kappa shape index (κ1) is 15.0. The fourth-order valence-corrected chi connectivity index (χ4v) is 4.81. The predicted octanol–water partition coefficient (Wildman–Crippen LogP) is 4.18. The molecule has 0 amide bonds. The zero-order chi connectivity index (χ0) is 13.6. The van der Waals surface area contributed by atoms with E-state index < -0.39 is 0 Å². The van der Waals surface area contributed by atoms with Crippen LogP contribution in [0.1, 0.15) is 55.4 Å². The second kappa shape index (κ2) is 4.57. The second-order valence-electron chi connectivity index (χ2n) is 7.31. The van der Waals surface area contributed by atoms with Gasteiger partial charge in [-0.2, -0.15) is 0 Å². The highest BCUT2D eigenvalue weighted by molar-refractivity contribution is 5.21. The smallest absolute Gasteiger partial charge is 0.00668 e. The fraction of sp³-hybridized carbons (Fsp3) is 1.00. The van der Waals surface area contributed by atoms with E-state index in [0.29, 0.717) is 16.9 Å². The van der Waals surface area contributed by atoms with Crippen LogP contribution in [0.5, 0.6) is 0 Å². The van der Waals surface area contributed by atoms with Gasteiger partial charge in [0.25, 0.3) is 0 Å². The first-order valence-corrected chi connectivity index (χ1v) is 7.32. The number of hydrogen-bond donors (Lipinski definition) is 1. The average molecular weight is 239 g/mol. The Balaban J connectivity index is 3.03. The van der Waals surface area contributed by atoms with E-state index in [-0.39, 0.29) is 0 Å². The minimum absolute atomic E-state index is 0.484. The quantitative estimate of drug-likeness (QED) is 0.759. The van der Waals surface area contributed by atoms with Gasteiger partial charge in [0.15, 0.2) is 0 Å². The van der Waals surface area contributed by atoms with E-state index in [1.165, 1.54) is 0 Å². The maximum absolute atomic E-state index is 3.45. The molecule has 0 aromatic heterocycles. The van der Waals surface area contributed by atoms with Gasteiger partial charge in [0, 0.05) is 6.04 Å². The normalized spacial score (nSPS) is 40.8. The third-order valence-corrected chi connectivity index (χ3v) is 6.39. The first-order chi connectivity index (χ1) is 7.65. The molecule has 0 spiro atoms. The summed E-state index contributed by atoms with van der Waals surface area (Å²) in [5.74, 6) is 3.15. The predicted molar refractivity (Wildman–Crippen MR) is 77.1 cm³/mol. The minimum Gasteiger partial charge on any atom is -0.317 e. The topological polar surface area (TPSA) is 12.0 Å². The minimum atomic E-state index is 0.484. The van der Waals surface area contributed by atoms with Crippen LogP contribution in [0.4, 0.5) is 0 Å². The van der Waals surface area contributed by atoms with Crippen LogP contribution in [-0.4, -0.2) is 13.1 Å². The van der Waals surface area contributed by atoms with Crippen molar-refractivity contribution in [3.8, 4) is 0 Å². The van der Waals surface area contributed by atoms with E-state index in [4.69, 9.17) is 0 Å². The molecule has 0 aliphatic heterocycles. The van der Waals surface area contributed by atoms with E-state index in [9.17, 15) is 0 Å². The van der Waals surface area contributed by atoms with Crippen LogP contribution in [0.15, 0.2) is 0 Å². The monoisotopic (exact) mass is 239 g/mol. The Kier molecular flexibility index (Phi) is 4.04. The van der Waals surface area contributed by atoms with Crippen molar-refractivity contribution in [2.75, 3.05) is 7.05 Å². The average Bonchev–Trinajstić information content (AvgIpc) is 2.77. The Labute approximate surface area is 109 Å². The van der Waals surface area contributed by atoms with Crippen molar-refractivity contribution in [2.45, 2.75) is 61.4 Å². The molecule has 1 N–H and O–H groups in total. The molecule has 1 fully saturated rings. The van der Waals surface area contributed by atoms with Crippen LogP contribution in [-0.2, 0) is 0 Å². The summed E-state index contributed by atoms with van der Waals surface area (Å²) in [6.45, 7) is 19.4. The molecule has 0 radical (unpaired) electrons. The number of hydrogen-bond acceptors (Lipinski definition) is 1. The van der Waals surface area contributed by atoms with E-state index in [2.05, 4.69) is 67.8 Å². The fourth-order valence-electron chi connectivity index (χ4n) is 4.81. The van der Waals surface area contributed by atoms with Crippen LogP contribution in [0.3, 0.4) is 0 Å². The van der Waals surface area contributed by atoms with E-state index in [1.54, 1.807) is 0 Å². The molecule has 5 atom stereocenters. The molecule has 1 saturated carbocycles. The van der Waals surface area contributed by atoms with Gasteiger partial charge in [-0.3, -0.25) is 0 Å². The van der Waals surface area contributed by atoms with Crippen LogP contribution in [0, 0.1) is 34.5 Å². The maximum Gasteiger partial charge on any atom is 0.00668 e. The zero-order valence-corrected chi connectivity index (χ0v) is 13.4. The Hall–Kier alpha value is -0.0400. The first-order valence-electron chi connectivity index (χ1n) is 7.32. The van der Waals surface area contributed by atoms with Gasteiger partial charge in [-0.1, -0.05) is 48.5 Å². The lowest BCUT2D eigenvalue weighted by molar-refractivity contribution is 0.191. The molecule has 1 nitrogen and oxygen atoms in total. The molecule has 1 rings (SSSR count). The SMILES string of the molecule is CNC(C)C(C)C1(C)C(C(C)C)C1(C)C(C)C.